The lowest BCUT2D eigenvalue weighted by Crippen LogP contribution is -2.25. The van der Waals surface area contributed by atoms with Gasteiger partial charge in [-0.05, 0) is 30.2 Å². The van der Waals surface area contributed by atoms with Gasteiger partial charge in [-0.3, -0.25) is 9.59 Å². The predicted octanol–water partition coefficient (Wildman–Crippen LogP) is 3.49. The molecule has 0 aromatic heterocycles. The van der Waals surface area contributed by atoms with Crippen molar-refractivity contribution in [2.45, 2.75) is 26.2 Å². The number of hydrazone groups is 1. The zero-order valence-corrected chi connectivity index (χ0v) is 14.5. The number of halogens is 1. The van der Waals surface area contributed by atoms with E-state index in [2.05, 4.69) is 10.4 Å². The minimum atomic E-state index is -0.415. The maximum absolute atomic E-state index is 13.3. The van der Waals surface area contributed by atoms with Gasteiger partial charge in [0.1, 0.15) is 5.82 Å². The molecule has 0 saturated carbocycles. The van der Waals surface area contributed by atoms with Gasteiger partial charge in [0.25, 0.3) is 0 Å². The molecule has 0 aliphatic carbocycles. The van der Waals surface area contributed by atoms with Crippen LogP contribution >= 0.6 is 0 Å². The lowest BCUT2D eigenvalue weighted by atomic mass is 10.1. The number of hydrogen-bond acceptors (Lipinski definition) is 3. The zero-order valence-electron chi connectivity index (χ0n) is 14.5. The lowest BCUT2D eigenvalue weighted by Gasteiger charge is -2.12. The summed E-state index contributed by atoms with van der Waals surface area (Å²) >= 11 is 0. The Morgan fingerprint density at radius 3 is 2.69 bits per heavy atom. The van der Waals surface area contributed by atoms with Crippen molar-refractivity contribution in [2.75, 3.05) is 11.9 Å². The second-order valence-electron chi connectivity index (χ2n) is 6.19. The average molecular weight is 353 g/mol. The molecule has 0 unspecified atom stereocenters. The highest BCUT2D eigenvalue weighted by Gasteiger charge is 2.22. The van der Waals surface area contributed by atoms with Crippen LogP contribution in [0, 0.1) is 12.7 Å². The minimum absolute atomic E-state index is 0.0292. The van der Waals surface area contributed by atoms with Crippen LogP contribution < -0.4 is 5.32 Å². The molecule has 1 heterocycles. The smallest absolute Gasteiger partial charge is 0.243 e. The molecule has 6 heteroatoms. The summed E-state index contributed by atoms with van der Waals surface area (Å²) in [6, 6.07) is 13.9. The minimum Gasteiger partial charge on any atom is -0.326 e. The molecule has 0 fully saturated rings. The van der Waals surface area contributed by atoms with Crippen LogP contribution in [-0.4, -0.2) is 29.1 Å². The summed E-state index contributed by atoms with van der Waals surface area (Å²) in [4.78, 5) is 24.3. The monoisotopic (exact) mass is 353 g/mol. The molecule has 3 rings (SSSR count). The first-order valence-corrected chi connectivity index (χ1v) is 8.52. The Labute approximate surface area is 151 Å². The molecule has 134 valence electrons. The van der Waals surface area contributed by atoms with Crippen molar-refractivity contribution in [3.8, 4) is 0 Å². The van der Waals surface area contributed by atoms with E-state index in [1.54, 1.807) is 13.0 Å². The average Bonchev–Trinajstić information content (AvgIpc) is 3.14. The Morgan fingerprint density at radius 1 is 1.15 bits per heavy atom. The predicted molar refractivity (Wildman–Crippen MR) is 98.3 cm³/mol. The third-order valence-corrected chi connectivity index (χ3v) is 4.24. The highest BCUT2D eigenvalue weighted by Crippen LogP contribution is 2.17. The molecule has 0 atom stereocenters. The molecule has 2 aromatic carbocycles. The number of aryl methyl sites for hydroxylation is 1. The lowest BCUT2D eigenvalue weighted by molar-refractivity contribution is -0.132. The third kappa shape index (κ3) is 4.33. The molecular weight excluding hydrogens is 333 g/mol. The molecule has 26 heavy (non-hydrogen) atoms. The fraction of sp³-hybridized carbons (Fsp3) is 0.250. The van der Waals surface area contributed by atoms with Gasteiger partial charge in [-0.25, -0.2) is 9.40 Å². The number of rotatable bonds is 5. The van der Waals surface area contributed by atoms with Gasteiger partial charge in [-0.2, -0.15) is 5.10 Å². The van der Waals surface area contributed by atoms with Crippen LogP contribution in [0.2, 0.25) is 0 Å². The van der Waals surface area contributed by atoms with E-state index in [9.17, 15) is 14.0 Å². The van der Waals surface area contributed by atoms with Crippen LogP contribution in [0.1, 0.15) is 30.4 Å². The van der Waals surface area contributed by atoms with Crippen LogP contribution in [-0.2, 0) is 9.59 Å². The van der Waals surface area contributed by atoms with E-state index in [1.165, 1.54) is 17.1 Å². The van der Waals surface area contributed by atoms with Crippen molar-refractivity contribution in [1.29, 1.82) is 0 Å². The summed E-state index contributed by atoms with van der Waals surface area (Å²) in [7, 11) is 0. The Hall–Kier alpha value is -3.02. The van der Waals surface area contributed by atoms with Crippen LogP contribution in [0.15, 0.2) is 53.6 Å². The maximum atomic E-state index is 13.3. The number of nitrogens with zero attached hydrogens (tertiary/aromatic N) is 2. The second-order valence-corrected chi connectivity index (χ2v) is 6.19. The quantitative estimate of drug-likeness (QED) is 0.894. The van der Waals surface area contributed by atoms with E-state index in [0.29, 0.717) is 18.7 Å². The van der Waals surface area contributed by atoms with E-state index in [0.717, 1.165) is 16.8 Å². The van der Waals surface area contributed by atoms with E-state index in [4.69, 9.17) is 0 Å². The first kappa shape index (κ1) is 17.8. The number of hydrogen-bond donors (Lipinski definition) is 1. The van der Waals surface area contributed by atoms with Crippen LogP contribution in [0.25, 0.3) is 0 Å². The SMILES string of the molecule is Cc1ccc(F)cc1NC(=O)CCC(=O)N1CCC(c2ccccc2)=N1. The highest BCUT2D eigenvalue weighted by atomic mass is 19.1. The van der Waals surface area contributed by atoms with Gasteiger partial charge in [0.15, 0.2) is 0 Å². The number of carbonyl (C=O) groups is 2. The van der Waals surface area contributed by atoms with Crippen molar-refractivity contribution in [3.05, 3.63) is 65.5 Å². The zero-order chi connectivity index (χ0) is 18.5. The molecule has 5 nitrogen and oxygen atoms in total. The molecule has 0 bridgehead atoms. The van der Waals surface area contributed by atoms with E-state index in [1.807, 2.05) is 30.3 Å². The first-order valence-electron chi connectivity index (χ1n) is 8.52. The van der Waals surface area contributed by atoms with Crippen molar-refractivity contribution in [1.82, 2.24) is 5.01 Å². The molecule has 0 radical (unpaired) electrons. The topological polar surface area (TPSA) is 61.8 Å². The van der Waals surface area contributed by atoms with Gasteiger partial charge in [0.2, 0.25) is 11.8 Å². The summed E-state index contributed by atoms with van der Waals surface area (Å²) in [5, 5.41) is 8.43. The fourth-order valence-corrected chi connectivity index (χ4v) is 2.76. The largest absolute Gasteiger partial charge is 0.326 e. The molecule has 1 aliphatic heterocycles. The van der Waals surface area contributed by atoms with Crippen molar-refractivity contribution in [3.63, 3.8) is 0 Å². The van der Waals surface area contributed by atoms with Gasteiger partial charge in [-0.1, -0.05) is 36.4 Å². The summed E-state index contributed by atoms with van der Waals surface area (Å²) in [5.41, 5.74) is 3.07. The van der Waals surface area contributed by atoms with Crippen LogP contribution in [0.4, 0.5) is 10.1 Å². The highest BCUT2D eigenvalue weighted by molar-refractivity contribution is 6.02. The normalized spacial score (nSPS) is 13.5. The third-order valence-electron chi connectivity index (χ3n) is 4.24. The first-order chi connectivity index (χ1) is 12.5. The molecule has 0 spiro atoms. The standard InChI is InChI=1S/C20H20FN3O2/c1-14-7-8-16(21)13-18(14)22-19(25)9-10-20(26)24-12-11-17(23-24)15-5-3-2-4-6-15/h2-8,13H,9-12H2,1H3,(H,22,25). The summed E-state index contributed by atoms with van der Waals surface area (Å²) in [5.74, 6) is -0.928. The molecule has 2 aromatic rings. The molecule has 0 saturated heterocycles. The maximum Gasteiger partial charge on any atom is 0.243 e. The van der Waals surface area contributed by atoms with E-state index < -0.39 is 5.82 Å². The molecular formula is C20H20FN3O2. The summed E-state index contributed by atoms with van der Waals surface area (Å²) in [6.07, 6.45) is 0.789. The van der Waals surface area contributed by atoms with Crippen molar-refractivity contribution < 1.29 is 14.0 Å². The van der Waals surface area contributed by atoms with E-state index >= 15 is 0 Å². The number of anilines is 1. The summed E-state index contributed by atoms with van der Waals surface area (Å²) < 4.78 is 13.3. The van der Waals surface area contributed by atoms with Gasteiger partial charge in [-0.15, -0.1) is 0 Å². The Bertz CT molecular complexity index is 849. The number of amides is 2. The Morgan fingerprint density at radius 2 is 1.92 bits per heavy atom. The van der Waals surface area contributed by atoms with Gasteiger partial charge < -0.3 is 5.32 Å². The van der Waals surface area contributed by atoms with Gasteiger partial charge in [0, 0.05) is 24.9 Å². The molecule has 1 aliphatic rings. The number of nitrogens with one attached hydrogen (secondary N) is 1. The second kappa shape index (κ2) is 7.91. The van der Waals surface area contributed by atoms with Crippen molar-refractivity contribution in [2.24, 2.45) is 5.10 Å². The molecule has 2 amide bonds. The number of benzene rings is 2. The Balaban J connectivity index is 1.53. The summed E-state index contributed by atoms with van der Waals surface area (Å²) in [6.45, 7) is 2.30. The van der Waals surface area contributed by atoms with Crippen LogP contribution in [0.3, 0.4) is 0 Å². The van der Waals surface area contributed by atoms with Crippen molar-refractivity contribution >= 4 is 23.2 Å². The molecule has 1 N–H and O–H groups in total. The van der Waals surface area contributed by atoms with Gasteiger partial charge in [0.05, 0.1) is 12.3 Å². The van der Waals surface area contributed by atoms with Crippen LogP contribution in [0.5, 0.6) is 0 Å². The van der Waals surface area contributed by atoms with Gasteiger partial charge >= 0.3 is 0 Å². The fourth-order valence-electron chi connectivity index (χ4n) is 2.76. The number of carbonyl (C=O) groups excluding carboxylic acids is 2. The Kier molecular flexibility index (Phi) is 5.41. The van der Waals surface area contributed by atoms with E-state index in [-0.39, 0.29) is 24.7 Å².